The van der Waals surface area contributed by atoms with Gasteiger partial charge in [-0.25, -0.2) is 4.98 Å². The summed E-state index contributed by atoms with van der Waals surface area (Å²) in [7, 11) is 0. The van der Waals surface area contributed by atoms with E-state index in [-0.39, 0.29) is 5.82 Å². The summed E-state index contributed by atoms with van der Waals surface area (Å²) in [6.45, 7) is 3.06. The second-order valence-electron chi connectivity index (χ2n) is 10.2. The molecule has 5 heterocycles. The Morgan fingerprint density at radius 2 is 1.81 bits per heavy atom. The first-order valence-corrected chi connectivity index (χ1v) is 17.9. The third-order valence-corrected chi connectivity index (χ3v) is 12.4. The minimum atomic E-state index is -2.12. The van der Waals surface area contributed by atoms with Crippen molar-refractivity contribution in [2.45, 2.75) is 17.3 Å². The Morgan fingerprint density at radius 1 is 0.953 bits per heavy atom. The van der Waals surface area contributed by atoms with Gasteiger partial charge < -0.3 is 4.74 Å². The zero-order valence-electron chi connectivity index (χ0n) is 23.2. The van der Waals surface area contributed by atoms with Crippen LogP contribution < -0.4 is 8.27 Å². The molecule has 1 atom stereocenters. The fourth-order valence-electron chi connectivity index (χ4n) is 5.44. The van der Waals surface area contributed by atoms with Crippen LogP contribution in [0.4, 0.5) is 10.2 Å². The maximum atomic E-state index is 15.2. The Morgan fingerprint density at radius 3 is 2.63 bits per heavy atom. The Bertz CT molecular complexity index is 1790. The predicted octanol–water partition coefficient (Wildman–Crippen LogP) is 5.98. The van der Waals surface area contributed by atoms with Gasteiger partial charge in [-0.05, 0) is 12.1 Å². The molecule has 7 rings (SSSR count). The topological polar surface area (TPSA) is 105 Å². The Labute approximate surface area is 256 Å². The fraction of sp³-hybridized carbons (Fsp3) is 0.219. The second kappa shape index (κ2) is 12.1. The van der Waals surface area contributed by atoms with Crippen LogP contribution in [0.5, 0.6) is 5.88 Å². The molecule has 0 bridgehead atoms. The number of nitrogens with zero attached hydrogens (tertiary/aromatic N) is 7. The predicted molar refractivity (Wildman–Crippen MR) is 171 cm³/mol. The molecule has 1 saturated heterocycles. The van der Waals surface area contributed by atoms with Crippen LogP contribution in [0.2, 0.25) is 0 Å². The van der Waals surface area contributed by atoms with Crippen LogP contribution in [0.15, 0.2) is 85.2 Å². The van der Waals surface area contributed by atoms with E-state index in [4.69, 9.17) is 15.0 Å². The molecular formula is C32H28FIN8O. The van der Waals surface area contributed by atoms with Crippen molar-refractivity contribution in [2.75, 3.05) is 27.7 Å². The summed E-state index contributed by atoms with van der Waals surface area (Å²) in [6.07, 6.45) is 3.27. The average Bonchev–Trinajstić information content (AvgIpc) is 3.33. The van der Waals surface area contributed by atoms with Crippen LogP contribution in [0.3, 0.4) is 0 Å². The van der Waals surface area contributed by atoms with E-state index in [0.717, 1.165) is 50.4 Å². The first-order valence-electron chi connectivity index (χ1n) is 14.0. The van der Waals surface area contributed by atoms with Gasteiger partial charge in [-0.2, -0.15) is 0 Å². The van der Waals surface area contributed by atoms with Crippen LogP contribution in [0.1, 0.15) is 11.4 Å². The van der Waals surface area contributed by atoms with Crippen molar-refractivity contribution >= 4 is 25.9 Å². The summed E-state index contributed by atoms with van der Waals surface area (Å²) < 4.78 is 26.6. The standard InChI is InChI=1S/C32H28FIN8O/c33-26-21-41(16-13-34(26)40-27-12-15-36-28(19-35)38-27)20-22-8-10-23(11-9-22)29-30(24-5-2-1-3-6-24)42-17-18-43-32-25(31(42)39-29)7-4-14-37-32/h1-12,14-15,26H,13,16-18,20-21H2,(H,36,38,40)/t26-/m0/s1. The maximum absolute atomic E-state index is 15.2. The van der Waals surface area contributed by atoms with Crippen molar-refractivity contribution in [3.05, 3.63) is 96.6 Å². The van der Waals surface area contributed by atoms with Gasteiger partial charge in [0.1, 0.15) is 6.61 Å². The number of pyridine rings is 1. The van der Waals surface area contributed by atoms with Crippen LogP contribution in [0.25, 0.3) is 33.9 Å². The Hall–Kier alpha value is -4.41. The van der Waals surface area contributed by atoms with E-state index in [9.17, 15) is 0 Å². The molecule has 2 aromatic carbocycles. The number of halogens is 2. The number of benzene rings is 2. The van der Waals surface area contributed by atoms with E-state index < -0.39 is 24.3 Å². The molecule has 0 spiro atoms. The number of ether oxygens (including phenoxy) is 1. The molecule has 0 radical (unpaired) electrons. The molecule has 0 amide bonds. The number of hydrogen-bond donors (Lipinski definition) is 1. The van der Waals surface area contributed by atoms with Crippen molar-refractivity contribution in [3.8, 4) is 45.9 Å². The quantitative estimate of drug-likeness (QED) is 0.132. The molecule has 43 heavy (non-hydrogen) atoms. The first-order chi connectivity index (χ1) is 21.2. The average molecular weight is 687 g/mol. The molecule has 2 aliphatic rings. The van der Waals surface area contributed by atoms with E-state index >= 15 is 4.39 Å². The van der Waals surface area contributed by atoms with Gasteiger partial charge in [-0.15, -0.1) is 0 Å². The summed E-state index contributed by atoms with van der Waals surface area (Å²) >= 11 is -2.12. The fourth-order valence-corrected chi connectivity index (χ4v) is 9.97. The number of anilines is 1. The molecule has 0 unspecified atom stereocenters. The van der Waals surface area contributed by atoms with E-state index in [1.807, 2.05) is 36.4 Å². The summed E-state index contributed by atoms with van der Waals surface area (Å²) in [5, 5.41) is 9.04. The van der Waals surface area contributed by atoms with Gasteiger partial charge in [0.25, 0.3) is 0 Å². The van der Waals surface area contributed by atoms with E-state index in [1.54, 1.807) is 12.3 Å². The molecule has 1 N–H and O–H groups in total. The molecule has 11 heteroatoms. The van der Waals surface area contributed by atoms with E-state index in [0.29, 0.717) is 37.9 Å². The van der Waals surface area contributed by atoms with Crippen molar-refractivity contribution < 1.29 is 9.13 Å². The van der Waals surface area contributed by atoms with Crippen LogP contribution >= 0.6 is 20.1 Å². The number of imidazole rings is 1. The van der Waals surface area contributed by atoms with Crippen LogP contribution in [-0.2, 0) is 13.1 Å². The van der Waals surface area contributed by atoms with Crippen molar-refractivity contribution in [2.24, 2.45) is 0 Å². The van der Waals surface area contributed by atoms with Gasteiger partial charge in [0.2, 0.25) is 5.88 Å². The number of nitrogens with one attached hydrogen (secondary N) is 1. The van der Waals surface area contributed by atoms with Crippen molar-refractivity contribution in [1.82, 2.24) is 29.4 Å². The van der Waals surface area contributed by atoms with Gasteiger partial charge >= 0.3 is 198 Å². The third-order valence-electron chi connectivity index (χ3n) is 7.47. The van der Waals surface area contributed by atoms with Gasteiger partial charge in [0.15, 0.2) is 0 Å². The SMILES string of the molecule is N#Cc1nccc(NI2CCN(Cc3ccc(-c4nc5n(c4-c4ccccc4)CCOc4ncccc4-5)cc3)C[C@H]2F)n1. The van der Waals surface area contributed by atoms with Crippen molar-refractivity contribution in [1.29, 1.82) is 5.26 Å². The van der Waals surface area contributed by atoms with Gasteiger partial charge in [-0.3, -0.25) is 0 Å². The molecule has 216 valence electrons. The zero-order valence-corrected chi connectivity index (χ0v) is 25.4. The normalized spacial score (nSPS) is 17.2. The third kappa shape index (κ3) is 5.68. The minimum absolute atomic E-state index is 0.0938. The van der Waals surface area contributed by atoms with Crippen LogP contribution in [0, 0.1) is 11.3 Å². The molecule has 0 aliphatic carbocycles. The second-order valence-corrected chi connectivity index (χ2v) is 15.5. The summed E-state index contributed by atoms with van der Waals surface area (Å²) in [6, 6.07) is 26.3. The number of alkyl halides is 3. The molecule has 5 aromatic rings. The number of aromatic nitrogens is 5. The van der Waals surface area contributed by atoms with E-state index in [1.165, 1.54) is 6.20 Å². The van der Waals surface area contributed by atoms with Crippen molar-refractivity contribution in [3.63, 3.8) is 0 Å². The first kappa shape index (κ1) is 27.4. The number of fused-ring (bicyclic) bond motifs is 3. The summed E-state index contributed by atoms with van der Waals surface area (Å²) in [4.78, 5) is 19.8. The van der Waals surface area contributed by atoms with Gasteiger partial charge in [0, 0.05) is 6.20 Å². The zero-order chi connectivity index (χ0) is 29.2. The Balaban J connectivity index is 1.11. The van der Waals surface area contributed by atoms with Crippen LogP contribution in [-0.4, -0.2) is 57.7 Å². The summed E-state index contributed by atoms with van der Waals surface area (Å²) in [5.41, 5.74) is 6.09. The van der Waals surface area contributed by atoms with Gasteiger partial charge in [-0.1, -0.05) is 18.2 Å². The number of rotatable bonds is 6. The molecule has 0 saturated carbocycles. The summed E-state index contributed by atoms with van der Waals surface area (Å²) in [5.74, 6) is 2.09. The molecule has 1 fully saturated rings. The van der Waals surface area contributed by atoms with E-state index in [2.05, 4.69) is 64.3 Å². The number of nitriles is 1. The van der Waals surface area contributed by atoms with Gasteiger partial charge in [0.05, 0.1) is 0 Å². The Kier molecular flexibility index (Phi) is 7.69. The molecule has 3 aromatic heterocycles. The monoisotopic (exact) mass is 686 g/mol. The molecule has 9 nitrogen and oxygen atoms in total. The molecule has 2 aliphatic heterocycles. The number of hydrogen-bond acceptors (Lipinski definition) is 8. The molecular weight excluding hydrogens is 658 g/mol.